The van der Waals surface area contributed by atoms with Crippen molar-refractivity contribution in [3.8, 4) is 11.5 Å². The Morgan fingerprint density at radius 1 is 1.31 bits per heavy atom. The third-order valence-electron chi connectivity index (χ3n) is 2.19. The van der Waals surface area contributed by atoms with Gasteiger partial charge in [0.25, 0.3) is 0 Å². The molecule has 0 aromatic heterocycles. The van der Waals surface area contributed by atoms with Crippen LogP contribution in [0.25, 0.3) is 0 Å². The number of rotatable bonds is 4. The molecule has 0 aliphatic carbocycles. The van der Waals surface area contributed by atoms with Gasteiger partial charge >= 0.3 is 0 Å². The zero-order chi connectivity index (χ0) is 11.4. The summed E-state index contributed by atoms with van der Waals surface area (Å²) in [5, 5.41) is 0.626. The quantitative estimate of drug-likeness (QED) is 0.843. The number of benzene rings is 1. The first-order valence-corrected chi connectivity index (χ1v) is 6.70. The third-order valence-corrected chi connectivity index (χ3v) is 3.53. The van der Waals surface area contributed by atoms with Crippen LogP contribution in [0.4, 0.5) is 0 Å². The van der Waals surface area contributed by atoms with Gasteiger partial charge in [-0.05, 0) is 17.7 Å². The number of thioether (sulfide) groups is 1. The van der Waals surface area contributed by atoms with Crippen LogP contribution in [0.3, 0.4) is 0 Å². The van der Waals surface area contributed by atoms with Crippen LogP contribution in [0, 0.1) is 0 Å². The van der Waals surface area contributed by atoms with Crippen molar-refractivity contribution >= 4 is 23.4 Å². The molecule has 1 heterocycles. The monoisotopic (exact) mass is 259 g/mol. The molecule has 1 aliphatic rings. The van der Waals surface area contributed by atoms with Crippen LogP contribution in [-0.2, 0) is 5.75 Å². The van der Waals surface area contributed by atoms with E-state index >= 15 is 0 Å². The molecule has 2 N–H and O–H groups in total. The molecule has 0 amide bonds. The van der Waals surface area contributed by atoms with Crippen molar-refractivity contribution in [1.29, 1.82) is 0 Å². The first kappa shape index (κ1) is 11.9. The van der Waals surface area contributed by atoms with Crippen LogP contribution in [0.15, 0.2) is 12.1 Å². The normalized spacial score (nSPS) is 13.9. The lowest BCUT2D eigenvalue weighted by Gasteiger charge is -2.20. The maximum atomic E-state index is 6.12. The summed E-state index contributed by atoms with van der Waals surface area (Å²) in [5.41, 5.74) is 6.59. The summed E-state index contributed by atoms with van der Waals surface area (Å²) in [4.78, 5) is 0. The van der Waals surface area contributed by atoms with E-state index in [1.54, 1.807) is 11.8 Å². The number of hydrogen-bond donors (Lipinski definition) is 1. The Balaban J connectivity index is 2.12. The summed E-state index contributed by atoms with van der Waals surface area (Å²) >= 11 is 7.91. The number of nitrogens with two attached hydrogens (primary N) is 1. The Labute approximate surface area is 104 Å². The summed E-state index contributed by atoms with van der Waals surface area (Å²) in [6.45, 7) is 1.85. The lowest BCUT2D eigenvalue weighted by molar-refractivity contribution is 0.171. The van der Waals surface area contributed by atoms with Crippen molar-refractivity contribution in [2.45, 2.75) is 5.75 Å². The molecule has 0 spiro atoms. The molecule has 0 saturated heterocycles. The van der Waals surface area contributed by atoms with Crippen molar-refractivity contribution in [2.75, 3.05) is 25.5 Å². The Morgan fingerprint density at radius 2 is 2.12 bits per heavy atom. The maximum absolute atomic E-state index is 6.12. The van der Waals surface area contributed by atoms with Gasteiger partial charge < -0.3 is 15.2 Å². The van der Waals surface area contributed by atoms with Gasteiger partial charge in [0, 0.05) is 18.1 Å². The number of ether oxygens (including phenoxy) is 2. The molecule has 1 aliphatic heterocycles. The van der Waals surface area contributed by atoms with E-state index in [0.717, 1.165) is 22.8 Å². The van der Waals surface area contributed by atoms with Crippen molar-refractivity contribution in [1.82, 2.24) is 0 Å². The zero-order valence-electron chi connectivity index (χ0n) is 8.87. The van der Waals surface area contributed by atoms with Crippen LogP contribution in [-0.4, -0.2) is 25.5 Å². The summed E-state index contributed by atoms with van der Waals surface area (Å²) in [5.74, 6) is 3.27. The molecule has 2 rings (SSSR count). The largest absolute Gasteiger partial charge is 0.486 e. The molecule has 1 aromatic carbocycles. The van der Waals surface area contributed by atoms with Crippen LogP contribution in [0.2, 0.25) is 5.02 Å². The molecule has 88 valence electrons. The van der Waals surface area contributed by atoms with E-state index in [2.05, 4.69) is 0 Å². The summed E-state index contributed by atoms with van der Waals surface area (Å²) in [6, 6.07) is 3.92. The number of halogens is 1. The van der Waals surface area contributed by atoms with Crippen LogP contribution >= 0.6 is 23.4 Å². The minimum atomic E-state index is 0.563. The van der Waals surface area contributed by atoms with Crippen molar-refractivity contribution < 1.29 is 9.47 Å². The average Bonchev–Trinajstić information content (AvgIpc) is 2.30. The second kappa shape index (κ2) is 5.66. The maximum Gasteiger partial charge on any atom is 0.179 e. The van der Waals surface area contributed by atoms with Gasteiger partial charge in [-0.2, -0.15) is 11.8 Å². The highest BCUT2D eigenvalue weighted by atomic mass is 35.5. The predicted molar refractivity (Wildman–Crippen MR) is 67.7 cm³/mol. The van der Waals surface area contributed by atoms with E-state index in [9.17, 15) is 0 Å². The molecule has 0 fully saturated rings. The molecule has 3 nitrogen and oxygen atoms in total. The minimum Gasteiger partial charge on any atom is -0.486 e. The second-order valence-electron chi connectivity index (χ2n) is 3.44. The van der Waals surface area contributed by atoms with E-state index in [4.69, 9.17) is 26.8 Å². The van der Waals surface area contributed by atoms with E-state index in [1.807, 2.05) is 12.1 Å². The topological polar surface area (TPSA) is 44.5 Å². The van der Waals surface area contributed by atoms with Gasteiger partial charge in [-0.25, -0.2) is 0 Å². The lowest BCUT2D eigenvalue weighted by atomic mass is 10.2. The van der Waals surface area contributed by atoms with E-state index < -0.39 is 0 Å². The standard InChI is InChI=1S/C11H14ClNO2S/c12-9-5-8(7-16-4-1-13)6-10-11(9)15-3-2-14-10/h5-6H,1-4,7,13H2. The van der Waals surface area contributed by atoms with Crippen LogP contribution < -0.4 is 15.2 Å². The Kier molecular flexibility index (Phi) is 4.21. The van der Waals surface area contributed by atoms with Gasteiger partial charge in [-0.3, -0.25) is 0 Å². The highest BCUT2D eigenvalue weighted by Gasteiger charge is 2.16. The fourth-order valence-corrected chi connectivity index (χ4v) is 2.52. The first-order valence-electron chi connectivity index (χ1n) is 5.17. The number of hydrogen-bond acceptors (Lipinski definition) is 4. The van der Waals surface area contributed by atoms with Crippen molar-refractivity contribution in [3.05, 3.63) is 22.7 Å². The van der Waals surface area contributed by atoms with E-state index in [-0.39, 0.29) is 0 Å². The van der Waals surface area contributed by atoms with Gasteiger partial charge in [0.1, 0.15) is 13.2 Å². The Morgan fingerprint density at radius 3 is 2.94 bits per heavy atom. The second-order valence-corrected chi connectivity index (χ2v) is 4.96. The summed E-state index contributed by atoms with van der Waals surface area (Å²) < 4.78 is 11.0. The smallest absolute Gasteiger partial charge is 0.179 e. The molecule has 5 heteroatoms. The van der Waals surface area contributed by atoms with Gasteiger partial charge in [0.05, 0.1) is 5.02 Å². The Bertz CT molecular complexity index is 373. The molecule has 0 unspecified atom stereocenters. The van der Waals surface area contributed by atoms with Gasteiger partial charge in [-0.15, -0.1) is 0 Å². The molecular weight excluding hydrogens is 246 g/mol. The van der Waals surface area contributed by atoms with Crippen molar-refractivity contribution in [2.24, 2.45) is 5.73 Å². The summed E-state index contributed by atoms with van der Waals surface area (Å²) in [6.07, 6.45) is 0. The SMILES string of the molecule is NCCSCc1cc(Cl)c2c(c1)OCCO2. The third kappa shape index (κ3) is 2.75. The summed E-state index contributed by atoms with van der Waals surface area (Å²) in [7, 11) is 0. The fourth-order valence-electron chi connectivity index (χ4n) is 1.52. The van der Waals surface area contributed by atoms with Crippen LogP contribution in [0.1, 0.15) is 5.56 Å². The Hall–Kier alpha value is -0.580. The van der Waals surface area contributed by atoms with Crippen LogP contribution in [0.5, 0.6) is 11.5 Å². The molecule has 0 saturated carbocycles. The average molecular weight is 260 g/mol. The highest BCUT2D eigenvalue weighted by molar-refractivity contribution is 7.98. The van der Waals surface area contributed by atoms with Crippen molar-refractivity contribution in [3.63, 3.8) is 0 Å². The predicted octanol–water partition coefficient (Wildman–Crippen LogP) is 2.30. The highest BCUT2D eigenvalue weighted by Crippen LogP contribution is 2.38. The molecule has 0 radical (unpaired) electrons. The van der Waals surface area contributed by atoms with Gasteiger partial charge in [-0.1, -0.05) is 11.6 Å². The zero-order valence-corrected chi connectivity index (χ0v) is 10.4. The number of fused-ring (bicyclic) bond motifs is 1. The first-order chi connectivity index (χ1) is 7.81. The van der Waals surface area contributed by atoms with E-state index in [1.165, 1.54) is 0 Å². The van der Waals surface area contributed by atoms with Gasteiger partial charge in [0.15, 0.2) is 11.5 Å². The molecule has 1 aromatic rings. The minimum absolute atomic E-state index is 0.563. The molecule has 0 atom stereocenters. The van der Waals surface area contributed by atoms with Gasteiger partial charge in [0.2, 0.25) is 0 Å². The fraction of sp³-hybridized carbons (Fsp3) is 0.455. The lowest BCUT2D eigenvalue weighted by Crippen LogP contribution is -2.15. The molecule has 16 heavy (non-hydrogen) atoms. The van der Waals surface area contributed by atoms with E-state index in [0.29, 0.717) is 30.5 Å². The molecule has 0 bridgehead atoms. The molecular formula is C11H14ClNO2S.